The van der Waals surface area contributed by atoms with Crippen molar-refractivity contribution in [1.29, 1.82) is 0 Å². The molecule has 0 heterocycles. The topological polar surface area (TPSA) is 26.3 Å². The van der Waals surface area contributed by atoms with Gasteiger partial charge in [0.1, 0.15) is 11.9 Å². The predicted octanol–water partition coefficient (Wildman–Crippen LogP) is 5.64. The maximum absolute atomic E-state index is 13.2. The zero-order valence-electron chi connectivity index (χ0n) is 15.3. The van der Waals surface area contributed by atoms with Crippen LogP contribution >= 0.6 is 0 Å². The molecule has 2 rings (SSSR count). The first-order chi connectivity index (χ1) is 12.0. The van der Waals surface area contributed by atoms with Crippen LogP contribution in [0.1, 0.15) is 36.7 Å². The first kappa shape index (κ1) is 19.5. The van der Waals surface area contributed by atoms with E-state index in [-0.39, 0.29) is 11.6 Å². The fourth-order valence-corrected chi connectivity index (χ4v) is 5.91. The number of benzene rings is 2. The van der Waals surface area contributed by atoms with E-state index in [0.717, 1.165) is 23.7 Å². The Labute approximate surface area is 151 Å². The van der Waals surface area contributed by atoms with Gasteiger partial charge in [-0.3, -0.25) is 4.79 Å². The van der Waals surface area contributed by atoms with Gasteiger partial charge in [0.05, 0.1) is 0 Å². The lowest BCUT2D eigenvalue weighted by atomic mass is 10.00. The fraction of sp³-hybridized carbons (Fsp3) is 0.381. The minimum atomic E-state index is -1.94. The van der Waals surface area contributed by atoms with E-state index in [2.05, 4.69) is 20.8 Å². The average Bonchev–Trinajstić information content (AvgIpc) is 2.66. The molecule has 0 unspecified atom stereocenters. The summed E-state index contributed by atoms with van der Waals surface area (Å²) in [7, 11) is -1.94. The van der Waals surface area contributed by atoms with Crippen LogP contribution in [0.5, 0.6) is 0 Å². The van der Waals surface area contributed by atoms with Gasteiger partial charge in [0.25, 0.3) is 0 Å². The largest absolute Gasteiger partial charge is 0.406 e. The molecule has 0 fully saturated rings. The zero-order chi connectivity index (χ0) is 18.3. The second-order valence-electron chi connectivity index (χ2n) is 6.41. The Kier molecular flexibility index (Phi) is 7.08. The van der Waals surface area contributed by atoms with Gasteiger partial charge >= 0.3 is 0 Å². The van der Waals surface area contributed by atoms with Crippen LogP contribution in [-0.4, -0.2) is 20.2 Å². The van der Waals surface area contributed by atoms with Crippen LogP contribution in [0.2, 0.25) is 18.1 Å². The number of hydrogen-bond donors (Lipinski definition) is 0. The molecule has 0 aliphatic carbocycles. The predicted molar refractivity (Wildman–Crippen MR) is 103 cm³/mol. The zero-order valence-corrected chi connectivity index (χ0v) is 16.3. The van der Waals surface area contributed by atoms with Crippen molar-refractivity contribution < 1.29 is 13.6 Å². The minimum absolute atomic E-state index is 0.0592. The molecule has 2 aromatic carbocycles. The van der Waals surface area contributed by atoms with Gasteiger partial charge in [-0.15, -0.1) is 0 Å². The van der Waals surface area contributed by atoms with Crippen molar-refractivity contribution in [1.82, 2.24) is 0 Å². The Morgan fingerprint density at radius 1 is 0.960 bits per heavy atom. The highest BCUT2D eigenvalue weighted by atomic mass is 28.4. The van der Waals surface area contributed by atoms with Gasteiger partial charge in [-0.2, -0.15) is 0 Å². The standard InChI is InChI=1S/C21H27FO2Si/c1-4-25(5-2,6-3)24-20(16-17-10-8-7-9-11-17)21(23)18-12-14-19(22)15-13-18/h7-15,20H,4-6,16H2,1-3H3/t20-/m0/s1. The van der Waals surface area contributed by atoms with Gasteiger partial charge < -0.3 is 4.43 Å². The molecule has 2 nitrogen and oxygen atoms in total. The van der Waals surface area contributed by atoms with E-state index < -0.39 is 14.4 Å². The van der Waals surface area contributed by atoms with Crippen LogP contribution in [-0.2, 0) is 10.8 Å². The van der Waals surface area contributed by atoms with E-state index in [4.69, 9.17) is 4.43 Å². The van der Waals surface area contributed by atoms with E-state index in [9.17, 15) is 9.18 Å². The highest BCUT2D eigenvalue weighted by molar-refractivity contribution is 6.73. The molecule has 0 aliphatic heterocycles. The highest BCUT2D eigenvalue weighted by Gasteiger charge is 2.35. The van der Waals surface area contributed by atoms with Crippen molar-refractivity contribution in [3.8, 4) is 0 Å². The molecule has 0 bridgehead atoms. The Bertz CT molecular complexity index is 658. The van der Waals surface area contributed by atoms with Gasteiger partial charge in [0.15, 0.2) is 14.1 Å². The summed E-state index contributed by atoms with van der Waals surface area (Å²) in [6.07, 6.45) is 0.0330. The van der Waals surface area contributed by atoms with Gasteiger partial charge in [0.2, 0.25) is 0 Å². The van der Waals surface area contributed by atoms with Gasteiger partial charge in [0, 0.05) is 12.0 Å². The SMILES string of the molecule is CC[Si](CC)(CC)O[C@@H](Cc1ccccc1)C(=O)c1ccc(F)cc1. The lowest BCUT2D eigenvalue weighted by Gasteiger charge is -2.32. The molecule has 0 amide bonds. The second-order valence-corrected chi connectivity index (χ2v) is 11.1. The highest BCUT2D eigenvalue weighted by Crippen LogP contribution is 2.26. The number of Topliss-reactive ketones (excluding diaryl/α,β-unsaturated/α-hetero) is 1. The summed E-state index contributed by atoms with van der Waals surface area (Å²) in [5.41, 5.74) is 1.59. The van der Waals surface area contributed by atoms with Crippen molar-refractivity contribution in [3.63, 3.8) is 0 Å². The van der Waals surface area contributed by atoms with Crippen LogP contribution in [0.4, 0.5) is 4.39 Å². The summed E-state index contributed by atoms with van der Waals surface area (Å²) < 4.78 is 19.7. The normalized spacial score (nSPS) is 12.8. The Balaban J connectivity index is 2.30. The second kappa shape index (κ2) is 9.06. The minimum Gasteiger partial charge on any atom is -0.406 e. The summed E-state index contributed by atoms with van der Waals surface area (Å²) >= 11 is 0. The molecule has 0 spiro atoms. The van der Waals surface area contributed by atoms with Crippen LogP contribution < -0.4 is 0 Å². The van der Waals surface area contributed by atoms with E-state index in [1.807, 2.05) is 30.3 Å². The van der Waals surface area contributed by atoms with Gasteiger partial charge in [-0.05, 0) is 48.0 Å². The first-order valence-corrected chi connectivity index (χ1v) is 11.6. The summed E-state index contributed by atoms with van der Waals surface area (Å²) in [6, 6.07) is 18.7. The number of carbonyl (C=O) groups excluding carboxylic acids is 1. The molecule has 0 aliphatic rings. The molecule has 4 heteroatoms. The number of hydrogen-bond acceptors (Lipinski definition) is 2. The third kappa shape index (κ3) is 5.09. The Hall–Kier alpha value is -1.78. The van der Waals surface area contributed by atoms with Crippen LogP contribution in [0.25, 0.3) is 0 Å². The molecular weight excluding hydrogens is 331 g/mol. The maximum Gasteiger partial charge on any atom is 0.193 e. The Morgan fingerprint density at radius 3 is 2.04 bits per heavy atom. The molecule has 0 aromatic heterocycles. The summed E-state index contributed by atoms with van der Waals surface area (Å²) in [6.45, 7) is 6.46. The number of rotatable bonds is 9. The molecule has 0 saturated heterocycles. The molecule has 0 saturated carbocycles. The number of carbonyl (C=O) groups is 1. The first-order valence-electron chi connectivity index (χ1n) is 9.05. The van der Waals surface area contributed by atoms with Crippen molar-refractivity contribution in [2.24, 2.45) is 0 Å². The summed E-state index contributed by atoms with van der Waals surface area (Å²) in [5.74, 6) is -0.396. The van der Waals surface area contributed by atoms with Crippen molar-refractivity contribution in [2.45, 2.75) is 51.4 Å². The van der Waals surface area contributed by atoms with Crippen LogP contribution in [0.3, 0.4) is 0 Å². The quantitative estimate of drug-likeness (QED) is 0.428. The third-order valence-corrected chi connectivity index (χ3v) is 9.66. The number of halogens is 1. The van der Waals surface area contributed by atoms with Crippen LogP contribution in [0, 0.1) is 5.82 Å². The molecule has 2 aromatic rings. The lowest BCUT2D eigenvalue weighted by Crippen LogP contribution is -2.43. The molecule has 0 N–H and O–H groups in total. The molecular formula is C21H27FO2Si. The van der Waals surface area contributed by atoms with E-state index in [1.54, 1.807) is 12.1 Å². The summed E-state index contributed by atoms with van der Waals surface area (Å²) in [4.78, 5) is 13.1. The van der Waals surface area contributed by atoms with E-state index in [0.29, 0.717) is 12.0 Å². The average molecular weight is 359 g/mol. The van der Waals surface area contributed by atoms with Gasteiger partial charge in [-0.1, -0.05) is 51.1 Å². The fourth-order valence-electron chi connectivity index (χ4n) is 3.12. The van der Waals surface area contributed by atoms with E-state index >= 15 is 0 Å². The molecule has 0 radical (unpaired) electrons. The summed E-state index contributed by atoms with van der Waals surface area (Å²) in [5, 5.41) is 0. The lowest BCUT2D eigenvalue weighted by molar-refractivity contribution is 0.0772. The van der Waals surface area contributed by atoms with Gasteiger partial charge in [-0.25, -0.2) is 4.39 Å². The number of ketones is 1. The molecule has 1 atom stereocenters. The van der Waals surface area contributed by atoms with Crippen molar-refractivity contribution >= 4 is 14.1 Å². The molecule has 134 valence electrons. The molecule has 25 heavy (non-hydrogen) atoms. The Morgan fingerprint density at radius 2 is 1.52 bits per heavy atom. The van der Waals surface area contributed by atoms with Crippen molar-refractivity contribution in [2.75, 3.05) is 0 Å². The maximum atomic E-state index is 13.2. The van der Waals surface area contributed by atoms with Crippen LogP contribution in [0.15, 0.2) is 54.6 Å². The van der Waals surface area contributed by atoms with E-state index in [1.165, 1.54) is 12.1 Å². The smallest absolute Gasteiger partial charge is 0.193 e. The monoisotopic (exact) mass is 358 g/mol. The van der Waals surface area contributed by atoms with Crippen molar-refractivity contribution in [3.05, 3.63) is 71.5 Å². The third-order valence-electron chi connectivity index (χ3n) is 5.01.